The summed E-state index contributed by atoms with van der Waals surface area (Å²) in [5, 5.41) is 0. The second-order valence-corrected chi connectivity index (χ2v) is 9.48. The van der Waals surface area contributed by atoms with Crippen LogP contribution in [0.3, 0.4) is 0 Å². The number of rotatable bonds is 3. The summed E-state index contributed by atoms with van der Waals surface area (Å²) in [5.74, 6) is -1.96. The lowest BCUT2D eigenvalue weighted by Gasteiger charge is -2.45. The van der Waals surface area contributed by atoms with Gasteiger partial charge in [-0.2, -0.15) is 0 Å². The Kier molecular flexibility index (Phi) is 7.80. The number of hydrogen-bond acceptors (Lipinski definition) is 0. The van der Waals surface area contributed by atoms with Gasteiger partial charge in [0.2, 0.25) is 0 Å². The lowest BCUT2D eigenvalue weighted by Crippen LogP contribution is -2.47. The molecular formula is C22H33F7. The average molecular weight is 430 g/mol. The highest BCUT2D eigenvalue weighted by Gasteiger charge is 2.53. The normalized spacial score (nSPS) is 47.5. The zero-order valence-electron chi connectivity index (χ0n) is 16.8. The SMILES string of the molecule is FC1CCC(C(F)(C2CCC(F)C(F)CC2)C2CCC(F)C(F)CC2)CCC1F. The van der Waals surface area contributed by atoms with E-state index in [9.17, 15) is 26.3 Å². The Morgan fingerprint density at radius 3 is 0.690 bits per heavy atom. The maximum Gasteiger partial charge on any atom is 0.131 e. The highest BCUT2D eigenvalue weighted by Crippen LogP contribution is 2.52. The molecule has 29 heavy (non-hydrogen) atoms. The molecule has 0 aromatic heterocycles. The summed E-state index contributed by atoms with van der Waals surface area (Å²) < 4.78 is 101. The van der Waals surface area contributed by atoms with Crippen molar-refractivity contribution in [2.45, 2.75) is 120 Å². The molecular weight excluding hydrogens is 397 g/mol. The second kappa shape index (κ2) is 9.76. The smallest absolute Gasteiger partial charge is 0.131 e. The molecule has 3 saturated carbocycles. The van der Waals surface area contributed by atoms with Gasteiger partial charge in [0.15, 0.2) is 0 Å². The van der Waals surface area contributed by atoms with E-state index in [-0.39, 0.29) is 77.0 Å². The average Bonchev–Trinajstić information content (AvgIpc) is 3.06. The van der Waals surface area contributed by atoms with Crippen molar-refractivity contribution in [1.29, 1.82) is 0 Å². The maximum atomic E-state index is 17.0. The predicted octanol–water partition coefficient (Wildman–Crippen LogP) is 7.29. The molecule has 0 amide bonds. The van der Waals surface area contributed by atoms with Crippen LogP contribution in [-0.2, 0) is 0 Å². The van der Waals surface area contributed by atoms with Gasteiger partial charge in [0, 0.05) is 0 Å². The molecule has 0 radical (unpaired) electrons. The predicted molar refractivity (Wildman–Crippen MR) is 99.1 cm³/mol. The maximum absolute atomic E-state index is 17.0. The van der Waals surface area contributed by atoms with Gasteiger partial charge in [0.1, 0.15) is 42.7 Å². The lowest BCUT2D eigenvalue weighted by molar-refractivity contribution is -0.0599. The summed E-state index contributed by atoms with van der Waals surface area (Å²) in [6.07, 6.45) is -9.44. The highest BCUT2D eigenvalue weighted by molar-refractivity contribution is 5.02. The Balaban J connectivity index is 1.87. The molecule has 0 heterocycles. The van der Waals surface area contributed by atoms with Gasteiger partial charge in [0.05, 0.1) is 0 Å². The van der Waals surface area contributed by atoms with E-state index in [1.54, 1.807) is 0 Å². The molecule has 6 atom stereocenters. The van der Waals surface area contributed by atoms with Gasteiger partial charge in [-0.3, -0.25) is 0 Å². The van der Waals surface area contributed by atoms with Crippen molar-refractivity contribution in [2.75, 3.05) is 0 Å². The van der Waals surface area contributed by atoms with Gasteiger partial charge in [-0.05, 0) is 94.8 Å². The standard InChI is InChI=1S/C22H33F7/c23-16-7-1-13(2-8-17(16)24)22(29,14-3-9-18(25)19(26)10-4-14)15-5-11-20(27)21(28)12-6-15/h13-21H,1-12H2. The second-order valence-electron chi connectivity index (χ2n) is 9.48. The molecule has 0 saturated heterocycles. The topological polar surface area (TPSA) is 0 Å². The van der Waals surface area contributed by atoms with Gasteiger partial charge >= 0.3 is 0 Å². The van der Waals surface area contributed by atoms with Crippen molar-refractivity contribution in [2.24, 2.45) is 17.8 Å². The van der Waals surface area contributed by atoms with Crippen LogP contribution in [0.4, 0.5) is 30.7 Å². The van der Waals surface area contributed by atoms with Gasteiger partial charge in [0.25, 0.3) is 0 Å². The van der Waals surface area contributed by atoms with Crippen LogP contribution in [0, 0.1) is 17.8 Å². The van der Waals surface area contributed by atoms with Crippen molar-refractivity contribution in [3.63, 3.8) is 0 Å². The first-order chi connectivity index (χ1) is 13.7. The fraction of sp³-hybridized carbons (Fsp3) is 1.00. The van der Waals surface area contributed by atoms with Gasteiger partial charge in [-0.15, -0.1) is 0 Å². The quantitative estimate of drug-likeness (QED) is 0.326. The van der Waals surface area contributed by atoms with Crippen molar-refractivity contribution in [3.05, 3.63) is 0 Å². The molecule has 0 spiro atoms. The molecule has 0 aromatic rings. The van der Waals surface area contributed by atoms with Gasteiger partial charge in [-0.1, -0.05) is 0 Å². The van der Waals surface area contributed by atoms with E-state index < -0.39 is 60.5 Å². The summed E-state index contributed by atoms with van der Waals surface area (Å²) in [4.78, 5) is 0. The lowest BCUT2D eigenvalue weighted by atomic mass is 9.64. The molecule has 7 heteroatoms. The molecule has 0 nitrogen and oxygen atoms in total. The molecule has 3 fully saturated rings. The first-order valence-electron chi connectivity index (χ1n) is 11.3. The summed E-state index contributed by atoms with van der Waals surface area (Å²) in [5.41, 5.74) is -1.91. The summed E-state index contributed by atoms with van der Waals surface area (Å²) in [7, 11) is 0. The number of hydrogen-bond donors (Lipinski definition) is 0. The third-order valence-electron chi connectivity index (χ3n) is 7.80. The Hall–Kier alpha value is -0.490. The van der Waals surface area contributed by atoms with Crippen LogP contribution in [0.1, 0.15) is 77.0 Å². The molecule has 3 aliphatic rings. The monoisotopic (exact) mass is 430 g/mol. The van der Waals surface area contributed by atoms with Crippen LogP contribution in [0.25, 0.3) is 0 Å². The van der Waals surface area contributed by atoms with E-state index >= 15 is 4.39 Å². The molecule has 0 aliphatic heterocycles. The van der Waals surface area contributed by atoms with E-state index in [1.807, 2.05) is 0 Å². The number of halogens is 7. The van der Waals surface area contributed by atoms with E-state index in [0.29, 0.717) is 0 Å². The van der Waals surface area contributed by atoms with Crippen LogP contribution < -0.4 is 0 Å². The van der Waals surface area contributed by atoms with Crippen LogP contribution in [0.2, 0.25) is 0 Å². The molecule has 6 unspecified atom stereocenters. The largest absolute Gasteiger partial charge is 0.244 e. The summed E-state index contributed by atoms with van der Waals surface area (Å²) in [6.45, 7) is 0. The zero-order valence-corrected chi connectivity index (χ0v) is 16.8. The molecule has 0 bridgehead atoms. The fourth-order valence-corrected chi connectivity index (χ4v) is 6.01. The zero-order chi connectivity index (χ0) is 21.2. The van der Waals surface area contributed by atoms with Crippen LogP contribution >= 0.6 is 0 Å². The van der Waals surface area contributed by atoms with E-state index in [0.717, 1.165) is 0 Å². The third-order valence-corrected chi connectivity index (χ3v) is 7.80. The number of alkyl halides is 7. The molecule has 0 aromatic carbocycles. The minimum Gasteiger partial charge on any atom is -0.244 e. The van der Waals surface area contributed by atoms with Crippen LogP contribution in [0.5, 0.6) is 0 Å². The van der Waals surface area contributed by atoms with Crippen molar-refractivity contribution in [3.8, 4) is 0 Å². The molecule has 3 aliphatic carbocycles. The van der Waals surface area contributed by atoms with Crippen molar-refractivity contribution in [1.82, 2.24) is 0 Å². The third kappa shape index (κ3) is 5.06. The van der Waals surface area contributed by atoms with E-state index in [1.165, 1.54) is 0 Å². The van der Waals surface area contributed by atoms with Crippen molar-refractivity contribution < 1.29 is 30.7 Å². The Bertz CT molecular complexity index is 410. The summed E-state index contributed by atoms with van der Waals surface area (Å²) >= 11 is 0. The minimum atomic E-state index is -1.91. The first kappa shape index (κ1) is 23.2. The van der Waals surface area contributed by atoms with Gasteiger partial charge < -0.3 is 0 Å². The van der Waals surface area contributed by atoms with Crippen LogP contribution in [-0.4, -0.2) is 42.7 Å². The highest BCUT2D eigenvalue weighted by atomic mass is 19.2. The van der Waals surface area contributed by atoms with Gasteiger partial charge in [-0.25, -0.2) is 30.7 Å². The van der Waals surface area contributed by atoms with E-state index in [4.69, 9.17) is 0 Å². The fourth-order valence-electron chi connectivity index (χ4n) is 6.01. The summed E-state index contributed by atoms with van der Waals surface area (Å²) in [6, 6.07) is 0. The molecule has 3 rings (SSSR count). The molecule has 170 valence electrons. The first-order valence-corrected chi connectivity index (χ1v) is 11.3. The minimum absolute atomic E-state index is 0.0914. The van der Waals surface area contributed by atoms with Crippen molar-refractivity contribution >= 4 is 0 Å². The van der Waals surface area contributed by atoms with E-state index in [2.05, 4.69) is 0 Å². The Morgan fingerprint density at radius 2 is 0.517 bits per heavy atom. The Labute approximate surface area is 169 Å². The Morgan fingerprint density at radius 1 is 0.345 bits per heavy atom. The molecule has 0 N–H and O–H groups in total. The van der Waals surface area contributed by atoms with Crippen LogP contribution in [0.15, 0.2) is 0 Å².